The maximum Gasteiger partial charge on any atom is 0.335 e. The maximum absolute atomic E-state index is 13.9. The molecule has 1 heterocycles. The highest BCUT2D eigenvalue weighted by molar-refractivity contribution is 6.08. The predicted octanol–water partition coefficient (Wildman–Crippen LogP) is 6.64. The summed E-state index contributed by atoms with van der Waals surface area (Å²) in [5.74, 6) is 0.709. The fraction of sp³-hybridized carbons (Fsp3) is 0.735. The van der Waals surface area contributed by atoms with Crippen LogP contribution in [0.25, 0.3) is 0 Å². The molecule has 6 heteroatoms. The van der Waals surface area contributed by atoms with Gasteiger partial charge in [0.2, 0.25) is 0 Å². The highest BCUT2D eigenvalue weighted by atomic mass is 16.6. The zero-order valence-corrected chi connectivity index (χ0v) is 25.4. The second kappa shape index (κ2) is 9.06. The second-order valence-corrected chi connectivity index (χ2v) is 14.5. The Balaban J connectivity index is 1.52. The SMILES string of the molecule is COC(=O)C1=C2C(=O)O[C@@H]3C[C@@]4(C)C(=C5C=C[C@]16C[C@@H](OC(C)=O)CC[C@]6(C)[C@@]523)CC[C@@H]4[C@H](C)CCCC(C)C. The van der Waals surface area contributed by atoms with E-state index in [0.29, 0.717) is 35.8 Å². The fourth-order valence-corrected chi connectivity index (χ4v) is 10.8. The molecule has 1 spiro atoms. The van der Waals surface area contributed by atoms with Gasteiger partial charge in [-0.2, -0.15) is 0 Å². The summed E-state index contributed by atoms with van der Waals surface area (Å²) in [5.41, 5.74) is 1.76. The maximum atomic E-state index is 13.9. The molecule has 6 rings (SSSR count). The first-order valence-electron chi connectivity index (χ1n) is 15.5. The zero-order chi connectivity index (χ0) is 28.8. The van der Waals surface area contributed by atoms with Crippen molar-refractivity contribution in [2.24, 2.45) is 39.4 Å². The number of hydrogen-bond donors (Lipinski definition) is 0. The summed E-state index contributed by atoms with van der Waals surface area (Å²) in [6, 6.07) is 0. The number of hydrogen-bond acceptors (Lipinski definition) is 6. The minimum absolute atomic E-state index is 0.0398. The number of fused-ring (bicyclic) bond motifs is 1. The van der Waals surface area contributed by atoms with E-state index < -0.39 is 22.2 Å². The van der Waals surface area contributed by atoms with E-state index >= 15 is 0 Å². The Kier molecular flexibility index (Phi) is 6.30. The molecule has 0 N–H and O–H groups in total. The summed E-state index contributed by atoms with van der Waals surface area (Å²) < 4.78 is 17.5. The topological polar surface area (TPSA) is 78.9 Å². The average molecular weight is 551 g/mol. The molecule has 0 amide bonds. The third-order valence-corrected chi connectivity index (χ3v) is 12.4. The predicted molar refractivity (Wildman–Crippen MR) is 151 cm³/mol. The third kappa shape index (κ3) is 3.25. The van der Waals surface area contributed by atoms with Gasteiger partial charge in [0, 0.05) is 12.3 Å². The van der Waals surface area contributed by atoms with Crippen molar-refractivity contribution in [1.29, 1.82) is 0 Å². The lowest BCUT2D eigenvalue weighted by Crippen LogP contribution is -2.60. The van der Waals surface area contributed by atoms with E-state index in [1.54, 1.807) is 0 Å². The number of esters is 3. The number of methoxy groups -OCH3 is 1. The van der Waals surface area contributed by atoms with Crippen LogP contribution in [0.5, 0.6) is 0 Å². The second-order valence-electron chi connectivity index (χ2n) is 14.5. The standard InChI is InChI=1S/C34H46O6/c1-19(2)9-8-10-20(3)23-11-12-24-25-14-16-33-17-22(39-21(4)35)13-15-32(33,6)34(25)26(18-31(23,24)5)40-30(37)28(34)27(33)29(36)38-7/h14,16,19-20,22-23,26H,8-13,15,17-18H2,1-7H3/t20-,22+,23-,26-,31-,32+,33+,34-/m1/s1. The Bertz CT molecular complexity index is 1250. The largest absolute Gasteiger partial charge is 0.466 e. The van der Waals surface area contributed by atoms with Crippen LogP contribution in [0.3, 0.4) is 0 Å². The Hall–Kier alpha value is -2.37. The quantitative estimate of drug-likeness (QED) is 0.261. The number of allylic oxidation sites excluding steroid dienone is 3. The average Bonchev–Trinajstić information content (AvgIpc) is 3.39. The van der Waals surface area contributed by atoms with Gasteiger partial charge in [-0.1, -0.05) is 71.6 Å². The van der Waals surface area contributed by atoms with Gasteiger partial charge in [0.25, 0.3) is 0 Å². The molecule has 1 aliphatic heterocycles. The zero-order valence-electron chi connectivity index (χ0n) is 25.4. The molecule has 0 radical (unpaired) electrons. The van der Waals surface area contributed by atoms with Gasteiger partial charge in [0.05, 0.1) is 23.7 Å². The molecule has 0 aromatic carbocycles. The van der Waals surface area contributed by atoms with Crippen LogP contribution in [0.4, 0.5) is 0 Å². The van der Waals surface area contributed by atoms with E-state index in [0.717, 1.165) is 31.6 Å². The van der Waals surface area contributed by atoms with Gasteiger partial charge in [-0.3, -0.25) is 4.79 Å². The van der Waals surface area contributed by atoms with E-state index in [1.165, 1.54) is 44.4 Å². The van der Waals surface area contributed by atoms with E-state index in [9.17, 15) is 14.4 Å². The lowest BCUT2D eigenvalue weighted by atomic mass is 9.40. The minimum atomic E-state index is -0.745. The molecule has 0 aromatic heterocycles. The van der Waals surface area contributed by atoms with Crippen molar-refractivity contribution in [2.45, 2.75) is 112 Å². The third-order valence-electron chi connectivity index (χ3n) is 12.4. The van der Waals surface area contributed by atoms with Gasteiger partial charge in [0.1, 0.15) is 12.2 Å². The number of rotatable bonds is 7. The van der Waals surface area contributed by atoms with Crippen LogP contribution in [-0.2, 0) is 28.6 Å². The first-order valence-corrected chi connectivity index (χ1v) is 15.5. The van der Waals surface area contributed by atoms with Crippen LogP contribution < -0.4 is 0 Å². The Morgan fingerprint density at radius 3 is 2.55 bits per heavy atom. The monoisotopic (exact) mass is 550 g/mol. The lowest BCUT2D eigenvalue weighted by Gasteiger charge is -2.62. The molecular weight excluding hydrogens is 504 g/mol. The summed E-state index contributed by atoms with van der Waals surface area (Å²) in [6.45, 7) is 13.1. The molecule has 3 fully saturated rings. The highest BCUT2D eigenvalue weighted by Gasteiger charge is 2.81. The smallest absolute Gasteiger partial charge is 0.335 e. The van der Waals surface area contributed by atoms with Crippen LogP contribution >= 0.6 is 0 Å². The van der Waals surface area contributed by atoms with Crippen molar-refractivity contribution in [3.8, 4) is 0 Å². The Morgan fingerprint density at radius 2 is 1.88 bits per heavy atom. The molecule has 0 aromatic rings. The van der Waals surface area contributed by atoms with Crippen molar-refractivity contribution < 1.29 is 28.6 Å². The van der Waals surface area contributed by atoms with Crippen molar-refractivity contribution in [1.82, 2.24) is 0 Å². The first-order chi connectivity index (χ1) is 18.9. The fourth-order valence-electron chi connectivity index (χ4n) is 10.8. The number of ether oxygens (including phenoxy) is 3. The van der Waals surface area contributed by atoms with Gasteiger partial charge < -0.3 is 14.2 Å². The molecule has 1 saturated heterocycles. The molecule has 8 atom stereocenters. The molecule has 6 nitrogen and oxygen atoms in total. The summed E-state index contributed by atoms with van der Waals surface area (Å²) >= 11 is 0. The van der Waals surface area contributed by atoms with E-state index in [2.05, 4.69) is 46.8 Å². The summed E-state index contributed by atoms with van der Waals surface area (Å²) in [5, 5.41) is 0. The summed E-state index contributed by atoms with van der Waals surface area (Å²) in [4.78, 5) is 39.5. The lowest BCUT2D eigenvalue weighted by molar-refractivity contribution is -0.162. The van der Waals surface area contributed by atoms with Crippen LogP contribution in [0.1, 0.15) is 99.3 Å². The molecule has 218 valence electrons. The Morgan fingerprint density at radius 1 is 1.12 bits per heavy atom. The minimum Gasteiger partial charge on any atom is -0.466 e. The Labute approximate surface area is 239 Å². The molecule has 6 aliphatic rings. The van der Waals surface area contributed by atoms with Crippen LogP contribution in [-0.4, -0.2) is 37.2 Å². The number of carbonyl (C=O) groups excluding carboxylic acids is 3. The van der Waals surface area contributed by atoms with Crippen LogP contribution in [0.15, 0.2) is 34.4 Å². The molecular formula is C34H46O6. The molecule has 2 bridgehead atoms. The van der Waals surface area contributed by atoms with Crippen LogP contribution in [0, 0.1) is 39.4 Å². The summed E-state index contributed by atoms with van der Waals surface area (Å²) in [6.07, 6.45) is 12.4. The van der Waals surface area contributed by atoms with E-state index in [4.69, 9.17) is 14.2 Å². The molecule has 5 aliphatic carbocycles. The van der Waals surface area contributed by atoms with Gasteiger partial charge >= 0.3 is 17.9 Å². The first kappa shape index (κ1) is 27.8. The van der Waals surface area contributed by atoms with Crippen molar-refractivity contribution in [3.05, 3.63) is 34.4 Å². The summed E-state index contributed by atoms with van der Waals surface area (Å²) in [7, 11) is 1.39. The molecule has 2 saturated carbocycles. The van der Waals surface area contributed by atoms with E-state index in [-0.39, 0.29) is 29.6 Å². The van der Waals surface area contributed by atoms with Gasteiger partial charge in [0.15, 0.2) is 0 Å². The van der Waals surface area contributed by atoms with Crippen LogP contribution in [0.2, 0.25) is 0 Å². The van der Waals surface area contributed by atoms with Crippen molar-refractivity contribution in [2.75, 3.05) is 7.11 Å². The van der Waals surface area contributed by atoms with Crippen molar-refractivity contribution >= 4 is 17.9 Å². The van der Waals surface area contributed by atoms with E-state index in [1.807, 2.05) is 0 Å². The molecule has 40 heavy (non-hydrogen) atoms. The van der Waals surface area contributed by atoms with Crippen molar-refractivity contribution in [3.63, 3.8) is 0 Å². The normalized spacial score (nSPS) is 41.5. The highest BCUT2D eigenvalue weighted by Crippen LogP contribution is 2.82. The van der Waals surface area contributed by atoms with Gasteiger partial charge in [-0.15, -0.1) is 0 Å². The number of carbonyl (C=O) groups is 3. The molecule has 0 unspecified atom stereocenters. The van der Waals surface area contributed by atoms with Gasteiger partial charge in [-0.05, 0) is 72.7 Å². The van der Waals surface area contributed by atoms with Gasteiger partial charge in [-0.25, -0.2) is 9.59 Å².